The van der Waals surface area contributed by atoms with Crippen LogP contribution >= 0.6 is 0 Å². The van der Waals surface area contributed by atoms with Gasteiger partial charge in [0.1, 0.15) is 12.6 Å². The van der Waals surface area contributed by atoms with Crippen LogP contribution in [-0.2, 0) is 22.6 Å². The van der Waals surface area contributed by atoms with Crippen molar-refractivity contribution in [3.63, 3.8) is 0 Å². The van der Waals surface area contributed by atoms with Crippen molar-refractivity contribution in [1.29, 1.82) is 0 Å². The van der Waals surface area contributed by atoms with Crippen molar-refractivity contribution in [2.24, 2.45) is 0 Å². The minimum atomic E-state index is -1.08. The Hall–Kier alpha value is -2.89. The largest absolute Gasteiger partial charge is 0.480 e. The summed E-state index contributed by atoms with van der Waals surface area (Å²) < 4.78 is 1.68. The van der Waals surface area contributed by atoms with Gasteiger partial charge in [-0.15, -0.1) is 0 Å². The number of carbonyl (C=O) groups is 2. The maximum atomic E-state index is 12.2. The molecule has 2 N–H and O–H groups in total. The zero-order valence-corrected chi connectivity index (χ0v) is 13.7. The van der Waals surface area contributed by atoms with Gasteiger partial charge >= 0.3 is 5.97 Å². The summed E-state index contributed by atoms with van der Waals surface area (Å²) >= 11 is 0. The summed E-state index contributed by atoms with van der Waals surface area (Å²) in [6.07, 6.45) is 0.212. The standard InChI is InChI=1S/C18H20N2O4/c1-12-8-15(21)9-13(2)20(12)11-17(22)19-16(18(23)24)10-14-6-4-3-5-7-14/h3-9,16H,10-11H2,1-2H3,(H,19,22)(H,23,24). The molecule has 2 aromatic rings. The Morgan fingerprint density at radius 2 is 1.71 bits per heavy atom. The van der Waals surface area contributed by atoms with Gasteiger partial charge in [-0.2, -0.15) is 0 Å². The highest BCUT2D eigenvalue weighted by atomic mass is 16.4. The monoisotopic (exact) mass is 328 g/mol. The number of nitrogens with zero attached hydrogens (tertiary/aromatic N) is 1. The first-order valence-electron chi connectivity index (χ1n) is 7.61. The summed E-state index contributed by atoms with van der Waals surface area (Å²) in [4.78, 5) is 35.1. The van der Waals surface area contributed by atoms with Gasteiger partial charge < -0.3 is 15.0 Å². The zero-order valence-electron chi connectivity index (χ0n) is 13.7. The van der Waals surface area contributed by atoms with Gasteiger partial charge in [0.25, 0.3) is 0 Å². The van der Waals surface area contributed by atoms with Crippen molar-refractivity contribution < 1.29 is 14.7 Å². The van der Waals surface area contributed by atoms with Crippen LogP contribution in [0.3, 0.4) is 0 Å². The van der Waals surface area contributed by atoms with E-state index in [2.05, 4.69) is 5.32 Å². The molecule has 6 nitrogen and oxygen atoms in total. The first-order valence-corrected chi connectivity index (χ1v) is 7.61. The molecule has 0 saturated heterocycles. The van der Waals surface area contributed by atoms with Crippen LogP contribution in [-0.4, -0.2) is 27.6 Å². The molecule has 1 aromatic carbocycles. The highest BCUT2D eigenvalue weighted by Crippen LogP contribution is 2.05. The predicted octanol–water partition coefficient (Wildman–Crippen LogP) is 1.28. The minimum absolute atomic E-state index is 0.0312. The number of aryl methyl sites for hydroxylation is 2. The molecule has 0 spiro atoms. The van der Waals surface area contributed by atoms with E-state index in [-0.39, 0.29) is 18.4 Å². The minimum Gasteiger partial charge on any atom is -0.480 e. The van der Waals surface area contributed by atoms with E-state index in [1.165, 1.54) is 12.1 Å². The summed E-state index contributed by atoms with van der Waals surface area (Å²) in [5.74, 6) is -1.49. The molecule has 0 aliphatic heterocycles. The van der Waals surface area contributed by atoms with E-state index in [0.717, 1.165) is 5.56 Å². The number of carboxylic acid groups (broad SMARTS) is 1. The van der Waals surface area contributed by atoms with Crippen molar-refractivity contribution in [3.8, 4) is 0 Å². The van der Waals surface area contributed by atoms with Crippen molar-refractivity contribution >= 4 is 11.9 Å². The quantitative estimate of drug-likeness (QED) is 0.836. The molecule has 0 bridgehead atoms. The van der Waals surface area contributed by atoms with E-state index in [9.17, 15) is 19.5 Å². The van der Waals surface area contributed by atoms with Crippen LogP contribution in [0.15, 0.2) is 47.3 Å². The second kappa shape index (κ2) is 7.59. The average molecular weight is 328 g/mol. The summed E-state index contributed by atoms with van der Waals surface area (Å²) in [6.45, 7) is 3.44. The summed E-state index contributed by atoms with van der Waals surface area (Å²) in [7, 11) is 0. The Morgan fingerprint density at radius 3 is 2.25 bits per heavy atom. The SMILES string of the molecule is Cc1cc(=O)cc(C)n1CC(=O)NC(Cc1ccccc1)C(=O)O. The highest BCUT2D eigenvalue weighted by molar-refractivity contribution is 5.83. The lowest BCUT2D eigenvalue weighted by molar-refractivity contribution is -0.141. The van der Waals surface area contributed by atoms with Crippen molar-refractivity contribution in [1.82, 2.24) is 9.88 Å². The molecule has 0 fully saturated rings. The Kier molecular flexibility index (Phi) is 5.52. The fraction of sp³-hybridized carbons (Fsp3) is 0.278. The maximum absolute atomic E-state index is 12.2. The van der Waals surface area contributed by atoms with Crippen molar-refractivity contribution in [2.45, 2.75) is 32.9 Å². The first kappa shape index (κ1) is 17.5. The Labute approximate surface area is 139 Å². The first-order chi connectivity index (χ1) is 11.4. The van der Waals surface area contributed by atoms with E-state index in [1.807, 2.05) is 30.3 Å². The third-order valence-electron chi connectivity index (χ3n) is 3.77. The van der Waals surface area contributed by atoms with Gasteiger partial charge in [0, 0.05) is 29.9 Å². The number of benzene rings is 1. The molecule has 0 saturated carbocycles. The molecule has 1 aromatic heterocycles. The summed E-state index contributed by atoms with van der Waals surface area (Å²) in [5, 5.41) is 11.9. The van der Waals surface area contributed by atoms with E-state index < -0.39 is 17.9 Å². The van der Waals surface area contributed by atoms with E-state index >= 15 is 0 Å². The summed E-state index contributed by atoms with van der Waals surface area (Å²) in [5.41, 5.74) is 2.03. The molecular formula is C18H20N2O4. The van der Waals surface area contributed by atoms with Gasteiger partial charge in [0.05, 0.1) is 0 Å². The average Bonchev–Trinajstić information content (AvgIpc) is 2.51. The predicted molar refractivity (Wildman–Crippen MR) is 89.9 cm³/mol. The lowest BCUT2D eigenvalue weighted by Crippen LogP contribution is -2.44. The second-order valence-corrected chi connectivity index (χ2v) is 5.71. The number of hydrogen-bond donors (Lipinski definition) is 2. The van der Waals surface area contributed by atoms with Crippen LogP contribution in [0.25, 0.3) is 0 Å². The molecule has 2 rings (SSSR count). The van der Waals surface area contributed by atoms with Crippen LogP contribution in [0.5, 0.6) is 0 Å². The Morgan fingerprint density at radius 1 is 1.12 bits per heavy atom. The van der Waals surface area contributed by atoms with Crippen LogP contribution in [0.2, 0.25) is 0 Å². The third-order valence-corrected chi connectivity index (χ3v) is 3.77. The van der Waals surface area contributed by atoms with Gasteiger partial charge in [0.2, 0.25) is 5.91 Å². The van der Waals surface area contributed by atoms with Gasteiger partial charge in [0.15, 0.2) is 5.43 Å². The van der Waals surface area contributed by atoms with Crippen molar-refractivity contribution in [2.75, 3.05) is 0 Å². The van der Waals surface area contributed by atoms with Crippen LogP contribution in [0.4, 0.5) is 0 Å². The van der Waals surface area contributed by atoms with Gasteiger partial charge in [-0.25, -0.2) is 4.79 Å². The zero-order chi connectivity index (χ0) is 17.7. The van der Waals surface area contributed by atoms with Crippen LogP contribution in [0, 0.1) is 13.8 Å². The Balaban J connectivity index is 2.09. The number of hydrogen-bond acceptors (Lipinski definition) is 3. The number of rotatable bonds is 6. The number of aromatic nitrogens is 1. The highest BCUT2D eigenvalue weighted by Gasteiger charge is 2.20. The molecule has 24 heavy (non-hydrogen) atoms. The number of pyridine rings is 1. The topological polar surface area (TPSA) is 88.4 Å². The molecule has 6 heteroatoms. The van der Waals surface area contributed by atoms with Crippen molar-refractivity contribution in [3.05, 3.63) is 69.6 Å². The number of amides is 1. The maximum Gasteiger partial charge on any atom is 0.326 e. The molecule has 1 heterocycles. The molecule has 0 aliphatic rings. The van der Waals surface area contributed by atoms with Gasteiger partial charge in [-0.1, -0.05) is 30.3 Å². The smallest absolute Gasteiger partial charge is 0.326 e. The number of carbonyl (C=O) groups excluding carboxylic acids is 1. The molecule has 1 amide bonds. The van der Waals surface area contributed by atoms with Crippen LogP contribution < -0.4 is 10.7 Å². The molecule has 1 unspecified atom stereocenters. The summed E-state index contributed by atoms with van der Waals surface area (Å²) in [6, 6.07) is 11.0. The Bertz CT molecular complexity index is 770. The molecule has 1 atom stereocenters. The number of aliphatic carboxylic acids is 1. The number of carboxylic acids is 1. The van der Waals surface area contributed by atoms with E-state index in [1.54, 1.807) is 18.4 Å². The van der Waals surface area contributed by atoms with E-state index in [4.69, 9.17) is 0 Å². The lowest BCUT2D eigenvalue weighted by Gasteiger charge is -2.17. The molecule has 126 valence electrons. The second-order valence-electron chi connectivity index (χ2n) is 5.71. The van der Waals surface area contributed by atoms with Crippen LogP contribution in [0.1, 0.15) is 17.0 Å². The fourth-order valence-corrected chi connectivity index (χ4v) is 2.57. The van der Waals surface area contributed by atoms with E-state index in [0.29, 0.717) is 11.4 Å². The third kappa shape index (κ3) is 4.55. The van der Waals surface area contributed by atoms with Gasteiger partial charge in [-0.05, 0) is 19.4 Å². The molecule has 0 radical (unpaired) electrons. The van der Waals surface area contributed by atoms with Gasteiger partial charge in [-0.3, -0.25) is 9.59 Å². The fourth-order valence-electron chi connectivity index (χ4n) is 2.57. The lowest BCUT2D eigenvalue weighted by atomic mass is 10.1. The molecular weight excluding hydrogens is 308 g/mol. The molecule has 0 aliphatic carbocycles. The normalized spacial score (nSPS) is 11.8. The number of nitrogens with one attached hydrogen (secondary N) is 1.